The van der Waals surface area contributed by atoms with E-state index in [1.165, 1.54) is 0 Å². The van der Waals surface area contributed by atoms with Crippen LogP contribution in [-0.2, 0) is 6.61 Å². The minimum absolute atomic E-state index is 0.163. The molecular weight excluding hydrogens is 354 g/mol. The highest BCUT2D eigenvalue weighted by atomic mass is 16.5. The maximum atomic E-state index is 11.3. The van der Waals surface area contributed by atoms with Gasteiger partial charge in [-0.15, -0.1) is 10.2 Å². The lowest BCUT2D eigenvalue weighted by Gasteiger charge is -2.12. The van der Waals surface area contributed by atoms with Gasteiger partial charge in [0.2, 0.25) is 5.95 Å². The highest BCUT2D eigenvalue weighted by Crippen LogP contribution is 2.27. The lowest BCUT2D eigenvalue weighted by atomic mass is 10.0. The molecule has 0 saturated heterocycles. The molecule has 0 radical (unpaired) electrons. The third-order valence-electron chi connectivity index (χ3n) is 4.11. The number of hydrogen-bond acceptors (Lipinski definition) is 6. The van der Waals surface area contributed by atoms with Gasteiger partial charge < -0.3 is 4.74 Å². The van der Waals surface area contributed by atoms with Crippen molar-refractivity contribution in [3.63, 3.8) is 0 Å². The summed E-state index contributed by atoms with van der Waals surface area (Å²) in [5, 5.41) is 13.6. The molecule has 7 nitrogen and oxygen atoms in total. The third kappa shape index (κ3) is 4.04. The van der Waals surface area contributed by atoms with Crippen LogP contribution in [0.5, 0.6) is 5.75 Å². The maximum absolute atomic E-state index is 11.3. The van der Waals surface area contributed by atoms with Crippen molar-refractivity contribution in [2.24, 2.45) is 5.10 Å². The fraction of sp³-hybridized carbons (Fsp3) is 0.0476. The largest absolute Gasteiger partial charge is 0.488 e. The van der Waals surface area contributed by atoms with Crippen molar-refractivity contribution in [1.29, 1.82) is 0 Å². The Bertz CT molecular complexity index is 1170. The molecule has 2 N–H and O–H groups in total. The molecule has 0 aliphatic carbocycles. The summed E-state index contributed by atoms with van der Waals surface area (Å²) < 4.78 is 6.05. The molecule has 4 rings (SSSR count). The van der Waals surface area contributed by atoms with Gasteiger partial charge in [-0.3, -0.25) is 9.78 Å². The summed E-state index contributed by atoms with van der Waals surface area (Å²) in [7, 11) is 0. The summed E-state index contributed by atoms with van der Waals surface area (Å²) in [4.78, 5) is 13.8. The van der Waals surface area contributed by atoms with Crippen LogP contribution in [-0.4, -0.2) is 21.4 Å². The van der Waals surface area contributed by atoms with Gasteiger partial charge in [0.1, 0.15) is 18.6 Å². The molecule has 1 heterocycles. The van der Waals surface area contributed by atoms with E-state index in [9.17, 15) is 4.79 Å². The lowest BCUT2D eigenvalue weighted by Crippen LogP contribution is -2.10. The third-order valence-corrected chi connectivity index (χ3v) is 4.11. The van der Waals surface area contributed by atoms with Crippen molar-refractivity contribution in [2.45, 2.75) is 6.61 Å². The number of aromatic nitrogens is 3. The van der Waals surface area contributed by atoms with Crippen LogP contribution in [0.1, 0.15) is 11.1 Å². The first-order valence-corrected chi connectivity index (χ1v) is 8.69. The van der Waals surface area contributed by atoms with Gasteiger partial charge in [0.25, 0.3) is 5.56 Å². The van der Waals surface area contributed by atoms with Crippen LogP contribution in [0.3, 0.4) is 0 Å². The highest BCUT2D eigenvalue weighted by Gasteiger charge is 2.08. The standard InChI is InChI=1S/C21H17N5O2/c27-20-13-23-26-21(24-20)25-22-12-18-17-9-5-4-8-16(17)10-11-19(18)28-14-15-6-2-1-3-7-15/h1-13H,14H2,(H2,24,25,26,27)/b22-12+. The second kappa shape index (κ2) is 8.13. The Morgan fingerprint density at radius 3 is 2.71 bits per heavy atom. The van der Waals surface area contributed by atoms with Crippen LogP contribution in [0.4, 0.5) is 5.95 Å². The van der Waals surface area contributed by atoms with E-state index >= 15 is 0 Å². The number of fused-ring (bicyclic) bond motifs is 1. The van der Waals surface area contributed by atoms with Crippen LogP contribution in [0.2, 0.25) is 0 Å². The number of nitrogens with zero attached hydrogens (tertiary/aromatic N) is 3. The summed E-state index contributed by atoms with van der Waals surface area (Å²) in [6.07, 6.45) is 2.74. The van der Waals surface area contributed by atoms with Gasteiger partial charge in [-0.1, -0.05) is 60.7 Å². The van der Waals surface area contributed by atoms with E-state index in [0.29, 0.717) is 12.4 Å². The van der Waals surface area contributed by atoms with Crippen molar-refractivity contribution >= 4 is 22.9 Å². The van der Waals surface area contributed by atoms with E-state index in [0.717, 1.165) is 28.1 Å². The molecule has 0 spiro atoms. The molecule has 0 atom stereocenters. The van der Waals surface area contributed by atoms with Crippen molar-refractivity contribution in [1.82, 2.24) is 15.2 Å². The molecule has 28 heavy (non-hydrogen) atoms. The molecule has 1 aromatic heterocycles. The number of H-pyrrole nitrogens is 1. The molecule has 0 aliphatic rings. The van der Waals surface area contributed by atoms with Gasteiger partial charge in [-0.25, -0.2) is 5.43 Å². The van der Waals surface area contributed by atoms with E-state index in [4.69, 9.17) is 4.74 Å². The fourth-order valence-corrected chi connectivity index (χ4v) is 2.79. The van der Waals surface area contributed by atoms with Gasteiger partial charge in [0, 0.05) is 5.56 Å². The van der Waals surface area contributed by atoms with Gasteiger partial charge in [0.15, 0.2) is 0 Å². The zero-order valence-corrected chi connectivity index (χ0v) is 14.9. The minimum Gasteiger partial charge on any atom is -0.488 e. The number of ether oxygens (including phenoxy) is 1. The van der Waals surface area contributed by atoms with E-state index in [-0.39, 0.29) is 11.5 Å². The Morgan fingerprint density at radius 1 is 1.04 bits per heavy atom. The van der Waals surface area contributed by atoms with E-state index in [1.807, 2.05) is 66.7 Å². The molecule has 7 heteroatoms. The van der Waals surface area contributed by atoms with E-state index in [2.05, 4.69) is 25.7 Å². The van der Waals surface area contributed by atoms with Gasteiger partial charge >= 0.3 is 0 Å². The Morgan fingerprint density at radius 2 is 1.86 bits per heavy atom. The monoisotopic (exact) mass is 371 g/mol. The summed E-state index contributed by atoms with van der Waals surface area (Å²) in [6.45, 7) is 0.449. The number of benzene rings is 3. The Labute approximate surface area is 160 Å². The summed E-state index contributed by atoms with van der Waals surface area (Å²) in [6, 6.07) is 21.9. The zero-order valence-electron chi connectivity index (χ0n) is 14.9. The van der Waals surface area contributed by atoms with Crippen LogP contribution in [0.25, 0.3) is 10.8 Å². The highest BCUT2D eigenvalue weighted by molar-refractivity contribution is 6.02. The first kappa shape index (κ1) is 17.4. The predicted molar refractivity (Wildman–Crippen MR) is 109 cm³/mol. The summed E-state index contributed by atoms with van der Waals surface area (Å²) in [5.74, 6) is 0.872. The second-order valence-electron chi connectivity index (χ2n) is 6.03. The molecule has 0 unspecified atom stereocenters. The fourth-order valence-electron chi connectivity index (χ4n) is 2.79. The van der Waals surface area contributed by atoms with Gasteiger partial charge in [0.05, 0.1) is 6.21 Å². The molecule has 3 aromatic carbocycles. The van der Waals surface area contributed by atoms with Crippen molar-refractivity contribution in [3.05, 3.63) is 94.4 Å². The predicted octanol–water partition coefficient (Wildman–Crippen LogP) is 3.34. The Balaban J connectivity index is 1.63. The average Bonchev–Trinajstić information content (AvgIpc) is 2.74. The summed E-state index contributed by atoms with van der Waals surface area (Å²) in [5.41, 5.74) is 4.23. The molecule has 0 fully saturated rings. The Hall–Kier alpha value is -4.00. The minimum atomic E-state index is -0.357. The molecule has 0 amide bonds. The average molecular weight is 371 g/mol. The quantitative estimate of drug-likeness (QED) is 0.401. The van der Waals surface area contributed by atoms with Gasteiger partial charge in [-0.2, -0.15) is 5.10 Å². The molecule has 0 saturated carbocycles. The van der Waals surface area contributed by atoms with Crippen molar-refractivity contribution < 1.29 is 4.74 Å². The first-order chi connectivity index (χ1) is 13.8. The molecule has 4 aromatic rings. The lowest BCUT2D eigenvalue weighted by molar-refractivity contribution is 0.306. The summed E-state index contributed by atoms with van der Waals surface area (Å²) >= 11 is 0. The molecule has 138 valence electrons. The van der Waals surface area contributed by atoms with E-state index in [1.54, 1.807) is 6.21 Å². The number of nitrogens with one attached hydrogen (secondary N) is 2. The van der Waals surface area contributed by atoms with Crippen LogP contribution >= 0.6 is 0 Å². The van der Waals surface area contributed by atoms with Crippen molar-refractivity contribution in [2.75, 3.05) is 5.43 Å². The molecule has 0 aliphatic heterocycles. The number of hydrazone groups is 1. The van der Waals surface area contributed by atoms with Crippen LogP contribution in [0.15, 0.2) is 82.8 Å². The SMILES string of the molecule is O=c1cnnc(N/N=C/c2c(OCc3ccccc3)ccc3ccccc23)[nH]1. The van der Waals surface area contributed by atoms with Crippen molar-refractivity contribution in [3.8, 4) is 5.75 Å². The number of rotatable bonds is 6. The number of aromatic amines is 1. The van der Waals surface area contributed by atoms with Crippen LogP contribution < -0.4 is 15.7 Å². The molecular formula is C21H17N5O2. The number of hydrogen-bond donors (Lipinski definition) is 2. The topological polar surface area (TPSA) is 92.3 Å². The Kier molecular flexibility index (Phi) is 5.06. The van der Waals surface area contributed by atoms with Gasteiger partial charge in [-0.05, 0) is 22.4 Å². The number of anilines is 1. The second-order valence-corrected chi connectivity index (χ2v) is 6.03. The van der Waals surface area contributed by atoms with E-state index < -0.39 is 0 Å². The maximum Gasteiger partial charge on any atom is 0.271 e. The molecule has 0 bridgehead atoms. The smallest absolute Gasteiger partial charge is 0.271 e. The normalized spacial score (nSPS) is 11.0. The first-order valence-electron chi connectivity index (χ1n) is 8.69. The zero-order chi connectivity index (χ0) is 19.2. The van der Waals surface area contributed by atoms with Crippen LogP contribution in [0, 0.1) is 0 Å².